The van der Waals surface area contributed by atoms with Crippen LogP contribution in [0.25, 0.3) is 0 Å². The fourth-order valence-corrected chi connectivity index (χ4v) is 4.00. The third-order valence-electron chi connectivity index (χ3n) is 2.80. The van der Waals surface area contributed by atoms with E-state index < -0.39 is 8.53 Å². The lowest BCUT2D eigenvalue weighted by Gasteiger charge is -2.36. The smallest absolute Gasteiger partial charge is 0.259 e. The maximum Gasteiger partial charge on any atom is 0.259 e. The Balaban J connectivity index is 4.56. The van der Waals surface area contributed by atoms with Crippen LogP contribution in [0.1, 0.15) is 34.6 Å². The summed E-state index contributed by atoms with van der Waals surface area (Å²) in [7, 11) is 5.37. The first-order valence-corrected chi connectivity index (χ1v) is 9.94. The number of hydrogen-bond donors (Lipinski definition) is 0. The molecule has 22 heavy (non-hydrogen) atoms. The lowest BCUT2D eigenvalue weighted by Crippen LogP contribution is -2.38. The van der Waals surface area contributed by atoms with E-state index >= 15 is 0 Å². The standard InChI is InChI=1S/C15H34N2O3PS/c1-13(2)16(14(3)4)21(19-10-9-17(6,7)8)20-11-12-22-15(5)18/h13-14H,9-12H2,1-8H3/q+1. The maximum absolute atomic E-state index is 11.0. The largest absolute Gasteiger partial charge is 0.329 e. The van der Waals surface area contributed by atoms with Gasteiger partial charge in [0.25, 0.3) is 8.53 Å². The number of rotatable bonds is 11. The number of carbonyl (C=O) groups is 1. The summed E-state index contributed by atoms with van der Waals surface area (Å²) >= 11 is 1.30. The highest BCUT2D eigenvalue weighted by molar-refractivity contribution is 8.13. The molecule has 0 heterocycles. The van der Waals surface area contributed by atoms with Gasteiger partial charge in [0, 0.05) is 24.8 Å². The highest BCUT2D eigenvalue weighted by Gasteiger charge is 2.27. The second-order valence-electron chi connectivity index (χ2n) is 6.83. The SMILES string of the molecule is CC(=O)SCCOP(OCC[N+](C)(C)C)N(C(C)C)C(C)C. The molecule has 0 aliphatic rings. The normalized spacial score (nSPS) is 14.1. The monoisotopic (exact) mass is 353 g/mol. The van der Waals surface area contributed by atoms with E-state index in [1.54, 1.807) is 6.92 Å². The highest BCUT2D eigenvalue weighted by atomic mass is 32.2. The van der Waals surface area contributed by atoms with Gasteiger partial charge < -0.3 is 13.5 Å². The minimum atomic E-state index is -1.09. The Hall–Kier alpha value is 0.290. The summed E-state index contributed by atoms with van der Waals surface area (Å²) in [5.41, 5.74) is 0. The van der Waals surface area contributed by atoms with Gasteiger partial charge in [-0.05, 0) is 27.7 Å². The fourth-order valence-electron chi connectivity index (χ4n) is 1.84. The molecule has 0 amide bonds. The van der Waals surface area contributed by atoms with Crippen molar-refractivity contribution in [2.24, 2.45) is 0 Å². The van der Waals surface area contributed by atoms with Crippen LogP contribution in [0.5, 0.6) is 0 Å². The lowest BCUT2D eigenvalue weighted by atomic mass is 10.3. The lowest BCUT2D eigenvalue weighted by molar-refractivity contribution is -0.870. The van der Waals surface area contributed by atoms with Crippen molar-refractivity contribution in [2.45, 2.75) is 46.7 Å². The average Bonchev–Trinajstić information content (AvgIpc) is 2.31. The van der Waals surface area contributed by atoms with E-state index in [1.165, 1.54) is 11.8 Å². The highest BCUT2D eigenvalue weighted by Crippen LogP contribution is 2.45. The van der Waals surface area contributed by atoms with Crippen LogP contribution in [0.15, 0.2) is 0 Å². The molecule has 0 N–H and O–H groups in total. The predicted octanol–water partition coefficient (Wildman–Crippen LogP) is 3.35. The van der Waals surface area contributed by atoms with Crippen LogP contribution in [0.4, 0.5) is 0 Å². The molecule has 0 spiro atoms. The van der Waals surface area contributed by atoms with Crippen molar-refractivity contribution in [3.8, 4) is 0 Å². The molecule has 5 nitrogen and oxygen atoms in total. The Morgan fingerprint density at radius 3 is 2.00 bits per heavy atom. The summed E-state index contributed by atoms with van der Waals surface area (Å²) in [6.07, 6.45) is 0. The molecule has 0 aliphatic heterocycles. The van der Waals surface area contributed by atoms with Crippen LogP contribution in [-0.2, 0) is 13.8 Å². The van der Waals surface area contributed by atoms with Crippen LogP contribution < -0.4 is 0 Å². The van der Waals surface area contributed by atoms with Crippen LogP contribution in [-0.4, -0.2) is 73.0 Å². The summed E-state index contributed by atoms with van der Waals surface area (Å²) in [5.74, 6) is 0.677. The molecule has 0 aliphatic carbocycles. The number of nitrogens with zero attached hydrogens (tertiary/aromatic N) is 2. The van der Waals surface area contributed by atoms with Crippen molar-refractivity contribution < 1.29 is 18.3 Å². The Labute approximate surface area is 142 Å². The van der Waals surface area contributed by atoms with Crippen LogP contribution in [0.2, 0.25) is 0 Å². The Kier molecular flexibility index (Phi) is 11.1. The molecule has 0 rings (SSSR count). The molecular weight excluding hydrogens is 319 g/mol. The molecule has 0 saturated carbocycles. The molecule has 1 unspecified atom stereocenters. The molecule has 0 aromatic carbocycles. The van der Waals surface area contributed by atoms with Gasteiger partial charge in [0.05, 0.1) is 27.7 Å². The third-order valence-corrected chi connectivity index (χ3v) is 5.69. The zero-order chi connectivity index (χ0) is 17.3. The first-order valence-electron chi connectivity index (χ1n) is 7.82. The maximum atomic E-state index is 11.0. The van der Waals surface area contributed by atoms with Crippen LogP contribution >= 0.6 is 20.3 Å². The van der Waals surface area contributed by atoms with Crippen molar-refractivity contribution in [1.29, 1.82) is 0 Å². The van der Waals surface area contributed by atoms with Gasteiger partial charge >= 0.3 is 0 Å². The number of hydrogen-bond acceptors (Lipinski definition) is 5. The molecule has 0 aromatic rings. The van der Waals surface area contributed by atoms with Gasteiger partial charge in [0.15, 0.2) is 5.12 Å². The summed E-state index contributed by atoms with van der Waals surface area (Å²) < 4.78 is 15.2. The molecule has 0 fully saturated rings. The van der Waals surface area contributed by atoms with E-state index in [9.17, 15) is 4.79 Å². The molecular formula is C15H34N2O3PS+. The van der Waals surface area contributed by atoms with Crippen LogP contribution in [0, 0.1) is 0 Å². The van der Waals surface area contributed by atoms with E-state index in [0.717, 1.165) is 11.0 Å². The zero-order valence-electron chi connectivity index (χ0n) is 15.5. The van der Waals surface area contributed by atoms with E-state index in [2.05, 4.69) is 53.5 Å². The first-order chi connectivity index (χ1) is 10.0. The minimum absolute atomic E-state index is 0.128. The Morgan fingerprint density at radius 2 is 1.59 bits per heavy atom. The van der Waals surface area contributed by atoms with Crippen LogP contribution in [0.3, 0.4) is 0 Å². The van der Waals surface area contributed by atoms with Crippen molar-refractivity contribution in [1.82, 2.24) is 4.67 Å². The molecule has 0 aromatic heterocycles. The minimum Gasteiger partial charge on any atom is -0.329 e. The van der Waals surface area contributed by atoms with Crippen molar-refractivity contribution in [3.63, 3.8) is 0 Å². The van der Waals surface area contributed by atoms with E-state index in [0.29, 0.717) is 31.1 Å². The Morgan fingerprint density at radius 1 is 1.09 bits per heavy atom. The van der Waals surface area contributed by atoms with E-state index in [4.69, 9.17) is 9.05 Å². The number of likely N-dealkylation sites (N-methyl/N-ethyl adjacent to an activating group) is 1. The van der Waals surface area contributed by atoms with Gasteiger partial charge in [-0.15, -0.1) is 0 Å². The van der Waals surface area contributed by atoms with Gasteiger partial charge in [0.1, 0.15) is 13.2 Å². The quantitative estimate of drug-likeness (QED) is 0.324. The number of thioether (sulfide) groups is 1. The molecule has 1 atom stereocenters. The van der Waals surface area contributed by atoms with Gasteiger partial charge in [-0.1, -0.05) is 11.8 Å². The molecule has 0 saturated heterocycles. The summed E-state index contributed by atoms with van der Waals surface area (Å²) in [6.45, 7) is 12.4. The molecule has 0 bridgehead atoms. The second kappa shape index (κ2) is 11.0. The van der Waals surface area contributed by atoms with Gasteiger partial charge in [-0.2, -0.15) is 0 Å². The number of quaternary nitrogens is 1. The predicted molar refractivity (Wildman–Crippen MR) is 97.0 cm³/mol. The van der Waals surface area contributed by atoms with Crippen molar-refractivity contribution >= 4 is 25.4 Å². The molecule has 7 heteroatoms. The average molecular weight is 353 g/mol. The summed E-state index contributed by atoms with van der Waals surface area (Å²) in [5, 5.41) is 0.128. The Bertz CT molecular complexity index is 314. The number of carbonyl (C=O) groups excluding carboxylic acids is 1. The van der Waals surface area contributed by atoms with E-state index in [1.807, 2.05) is 0 Å². The van der Waals surface area contributed by atoms with Gasteiger partial charge in [-0.3, -0.25) is 4.79 Å². The summed E-state index contributed by atoms with van der Waals surface area (Å²) in [4.78, 5) is 11.0. The third kappa shape index (κ3) is 10.9. The van der Waals surface area contributed by atoms with Crippen molar-refractivity contribution in [2.75, 3.05) is 46.7 Å². The first kappa shape index (κ1) is 22.3. The van der Waals surface area contributed by atoms with Gasteiger partial charge in [-0.25, -0.2) is 4.67 Å². The topological polar surface area (TPSA) is 38.8 Å². The molecule has 132 valence electrons. The second-order valence-corrected chi connectivity index (χ2v) is 9.55. The summed E-state index contributed by atoms with van der Waals surface area (Å²) in [6, 6.07) is 0.714. The van der Waals surface area contributed by atoms with Crippen molar-refractivity contribution in [3.05, 3.63) is 0 Å². The van der Waals surface area contributed by atoms with Gasteiger partial charge in [0.2, 0.25) is 0 Å². The fraction of sp³-hybridized carbons (Fsp3) is 0.933. The molecule has 0 radical (unpaired) electrons. The van der Waals surface area contributed by atoms with E-state index in [-0.39, 0.29) is 5.12 Å². The zero-order valence-corrected chi connectivity index (χ0v) is 17.2.